The van der Waals surface area contributed by atoms with Crippen molar-refractivity contribution in [1.82, 2.24) is 5.32 Å². The number of anilines is 1. The fraction of sp³-hybridized carbons (Fsp3) is 0.625. The number of nitrogens with zero attached hydrogens (tertiary/aromatic N) is 1. The van der Waals surface area contributed by atoms with E-state index < -0.39 is 0 Å². The van der Waals surface area contributed by atoms with Gasteiger partial charge < -0.3 is 15.3 Å². The van der Waals surface area contributed by atoms with Crippen LogP contribution < -0.4 is 10.2 Å². The average Bonchev–Trinajstić information content (AvgIpc) is 2.42. The predicted molar refractivity (Wildman–Crippen MR) is 85.5 cm³/mol. The van der Waals surface area contributed by atoms with Crippen LogP contribution in [0.5, 0.6) is 0 Å². The SMILES string of the molecule is CCNC(C)c1ccc(N2CCC(O)C(C)C2)c(Cl)c1. The van der Waals surface area contributed by atoms with Crippen molar-refractivity contribution in [1.29, 1.82) is 0 Å². The van der Waals surface area contributed by atoms with Gasteiger partial charge in [0.2, 0.25) is 0 Å². The maximum Gasteiger partial charge on any atom is 0.0642 e. The molecule has 3 unspecified atom stereocenters. The first-order valence-corrected chi connectivity index (χ1v) is 7.86. The molecule has 1 heterocycles. The molecular weight excluding hydrogens is 272 g/mol. The van der Waals surface area contributed by atoms with Crippen LogP contribution >= 0.6 is 11.6 Å². The molecule has 0 spiro atoms. The first-order valence-electron chi connectivity index (χ1n) is 7.48. The molecule has 1 aromatic rings. The highest BCUT2D eigenvalue weighted by Crippen LogP contribution is 2.32. The smallest absolute Gasteiger partial charge is 0.0642 e. The molecule has 3 nitrogen and oxygen atoms in total. The van der Waals surface area contributed by atoms with Crippen molar-refractivity contribution in [2.24, 2.45) is 5.92 Å². The Morgan fingerprint density at radius 3 is 2.85 bits per heavy atom. The highest BCUT2D eigenvalue weighted by atomic mass is 35.5. The largest absolute Gasteiger partial charge is 0.393 e. The second-order valence-corrected chi connectivity index (χ2v) is 6.18. The number of aliphatic hydroxyl groups excluding tert-OH is 1. The van der Waals surface area contributed by atoms with Crippen molar-refractivity contribution < 1.29 is 5.11 Å². The van der Waals surface area contributed by atoms with Crippen LogP contribution in [-0.2, 0) is 0 Å². The zero-order valence-electron chi connectivity index (χ0n) is 12.6. The molecule has 0 amide bonds. The highest BCUT2D eigenvalue weighted by Gasteiger charge is 2.25. The van der Waals surface area contributed by atoms with Crippen LogP contribution in [0.1, 0.15) is 38.8 Å². The predicted octanol–water partition coefficient (Wildman–Crippen LogP) is 3.22. The van der Waals surface area contributed by atoms with E-state index in [1.807, 2.05) is 0 Å². The van der Waals surface area contributed by atoms with E-state index >= 15 is 0 Å². The summed E-state index contributed by atoms with van der Waals surface area (Å²) < 4.78 is 0. The van der Waals surface area contributed by atoms with Gasteiger partial charge in [-0.15, -0.1) is 0 Å². The number of halogens is 1. The maximum atomic E-state index is 9.82. The molecular formula is C16H25ClN2O. The maximum absolute atomic E-state index is 9.82. The molecule has 0 aromatic heterocycles. The molecule has 0 radical (unpaired) electrons. The normalized spacial score (nSPS) is 24.8. The van der Waals surface area contributed by atoms with Crippen molar-refractivity contribution in [2.45, 2.75) is 39.3 Å². The van der Waals surface area contributed by atoms with Crippen molar-refractivity contribution in [3.63, 3.8) is 0 Å². The number of piperidine rings is 1. The average molecular weight is 297 g/mol. The van der Waals surface area contributed by atoms with Gasteiger partial charge in [0.05, 0.1) is 16.8 Å². The van der Waals surface area contributed by atoms with Gasteiger partial charge in [0.1, 0.15) is 0 Å². The van der Waals surface area contributed by atoms with Gasteiger partial charge in [-0.1, -0.05) is 31.5 Å². The molecule has 2 rings (SSSR count). The van der Waals surface area contributed by atoms with E-state index in [2.05, 4.69) is 49.2 Å². The van der Waals surface area contributed by atoms with E-state index in [1.54, 1.807) is 0 Å². The molecule has 0 aliphatic carbocycles. The molecule has 1 aliphatic heterocycles. The molecule has 112 valence electrons. The minimum Gasteiger partial charge on any atom is -0.393 e. The number of aliphatic hydroxyl groups is 1. The van der Waals surface area contributed by atoms with Gasteiger partial charge in [0.25, 0.3) is 0 Å². The number of hydrogen-bond acceptors (Lipinski definition) is 3. The van der Waals surface area contributed by atoms with Crippen molar-refractivity contribution in [3.05, 3.63) is 28.8 Å². The van der Waals surface area contributed by atoms with Gasteiger partial charge in [-0.25, -0.2) is 0 Å². The Bertz CT molecular complexity index is 452. The van der Waals surface area contributed by atoms with Gasteiger partial charge >= 0.3 is 0 Å². The Morgan fingerprint density at radius 1 is 1.50 bits per heavy atom. The van der Waals surface area contributed by atoms with Gasteiger partial charge in [0, 0.05) is 19.1 Å². The summed E-state index contributed by atoms with van der Waals surface area (Å²) >= 11 is 6.46. The Morgan fingerprint density at radius 2 is 2.25 bits per heavy atom. The molecule has 2 N–H and O–H groups in total. The minimum atomic E-state index is -0.182. The summed E-state index contributed by atoms with van der Waals surface area (Å²) in [4.78, 5) is 2.28. The third-order valence-corrected chi connectivity index (χ3v) is 4.49. The topological polar surface area (TPSA) is 35.5 Å². The minimum absolute atomic E-state index is 0.182. The molecule has 3 atom stereocenters. The molecule has 0 saturated carbocycles. The van der Waals surface area contributed by atoms with Gasteiger partial charge in [-0.3, -0.25) is 0 Å². The molecule has 4 heteroatoms. The van der Waals surface area contributed by atoms with E-state index in [0.717, 1.165) is 36.8 Å². The van der Waals surface area contributed by atoms with E-state index in [1.165, 1.54) is 5.56 Å². The highest BCUT2D eigenvalue weighted by molar-refractivity contribution is 6.33. The molecule has 0 bridgehead atoms. The Hall–Kier alpha value is -0.770. The van der Waals surface area contributed by atoms with E-state index in [9.17, 15) is 5.11 Å². The van der Waals surface area contributed by atoms with Crippen molar-refractivity contribution in [2.75, 3.05) is 24.5 Å². The fourth-order valence-electron chi connectivity index (χ4n) is 2.82. The molecule has 1 aliphatic rings. The van der Waals surface area contributed by atoms with Crippen molar-refractivity contribution >= 4 is 17.3 Å². The summed E-state index contributed by atoms with van der Waals surface area (Å²) in [7, 11) is 0. The van der Waals surface area contributed by atoms with Crippen LogP contribution in [0, 0.1) is 5.92 Å². The van der Waals surface area contributed by atoms with Crippen LogP contribution in [0.15, 0.2) is 18.2 Å². The molecule has 1 aromatic carbocycles. The molecule has 1 saturated heterocycles. The lowest BCUT2D eigenvalue weighted by Crippen LogP contribution is -2.42. The Labute approximate surface area is 126 Å². The lowest BCUT2D eigenvalue weighted by atomic mass is 9.96. The second kappa shape index (κ2) is 6.79. The van der Waals surface area contributed by atoms with Crippen LogP contribution in [0.25, 0.3) is 0 Å². The number of rotatable bonds is 4. The number of hydrogen-bond donors (Lipinski definition) is 2. The van der Waals surface area contributed by atoms with E-state index in [4.69, 9.17) is 11.6 Å². The zero-order chi connectivity index (χ0) is 14.7. The zero-order valence-corrected chi connectivity index (χ0v) is 13.3. The van der Waals surface area contributed by atoms with Gasteiger partial charge in [0.15, 0.2) is 0 Å². The summed E-state index contributed by atoms with van der Waals surface area (Å²) in [6.45, 7) is 9.02. The lowest BCUT2D eigenvalue weighted by Gasteiger charge is -2.36. The van der Waals surface area contributed by atoms with Crippen LogP contribution in [-0.4, -0.2) is 30.8 Å². The first-order chi connectivity index (χ1) is 9.52. The fourth-order valence-corrected chi connectivity index (χ4v) is 3.13. The van der Waals surface area contributed by atoms with E-state index in [0.29, 0.717) is 12.0 Å². The van der Waals surface area contributed by atoms with Gasteiger partial charge in [-0.05, 0) is 43.5 Å². The second-order valence-electron chi connectivity index (χ2n) is 5.77. The third-order valence-electron chi connectivity index (χ3n) is 4.18. The lowest BCUT2D eigenvalue weighted by molar-refractivity contribution is 0.0971. The van der Waals surface area contributed by atoms with Crippen LogP contribution in [0.2, 0.25) is 5.02 Å². The molecule has 1 fully saturated rings. The third kappa shape index (κ3) is 3.46. The van der Waals surface area contributed by atoms with Crippen molar-refractivity contribution in [3.8, 4) is 0 Å². The first kappa shape index (κ1) is 15.6. The standard InChI is InChI=1S/C16H25ClN2O/c1-4-18-12(3)13-5-6-15(14(17)9-13)19-8-7-16(20)11(2)10-19/h5-6,9,11-12,16,18,20H,4,7-8,10H2,1-3H3. The summed E-state index contributed by atoms with van der Waals surface area (Å²) in [6, 6.07) is 6.62. The van der Waals surface area contributed by atoms with Crippen LogP contribution in [0.4, 0.5) is 5.69 Å². The Balaban J connectivity index is 2.13. The summed E-state index contributed by atoms with van der Waals surface area (Å²) in [5.41, 5.74) is 2.29. The Kier molecular flexibility index (Phi) is 5.30. The summed E-state index contributed by atoms with van der Waals surface area (Å²) in [5.74, 6) is 0.292. The summed E-state index contributed by atoms with van der Waals surface area (Å²) in [6.07, 6.45) is 0.630. The number of nitrogens with one attached hydrogen (secondary N) is 1. The number of benzene rings is 1. The summed E-state index contributed by atoms with van der Waals surface area (Å²) in [5, 5.41) is 14.0. The van der Waals surface area contributed by atoms with Crippen LogP contribution in [0.3, 0.4) is 0 Å². The quantitative estimate of drug-likeness (QED) is 0.895. The van der Waals surface area contributed by atoms with E-state index in [-0.39, 0.29) is 6.10 Å². The monoisotopic (exact) mass is 296 g/mol. The van der Waals surface area contributed by atoms with Gasteiger partial charge in [-0.2, -0.15) is 0 Å². The molecule has 20 heavy (non-hydrogen) atoms.